The Kier molecular flexibility index (Phi) is 17.5. The minimum absolute atomic E-state index is 0.145. The zero-order valence-electron chi connectivity index (χ0n) is 15.2. The van der Waals surface area contributed by atoms with Gasteiger partial charge in [0.1, 0.15) is 6.10 Å². The van der Waals surface area contributed by atoms with Gasteiger partial charge in [-0.3, -0.25) is 9.59 Å². The lowest BCUT2D eigenvalue weighted by Gasteiger charge is -2.27. The van der Waals surface area contributed by atoms with E-state index < -0.39 is 33.1 Å². The third-order valence-corrected chi connectivity index (χ3v) is 2.70. The molecule has 0 bridgehead atoms. The van der Waals surface area contributed by atoms with Crippen LogP contribution >= 0.6 is 28.3 Å². The highest BCUT2D eigenvalue weighted by Gasteiger charge is 2.32. The fraction of sp³-hybridized carbons (Fsp3) is 0.818. The van der Waals surface area contributed by atoms with Gasteiger partial charge in [0.05, 0.1) is 6.61 Å². The number of phosphoric acid groups is 2. The predicted octanol–water partition coefficient (Wildman–Crippen LogP) is -2.94. The summed E-state index contributed by atoms with van der Waals surface area (Å²) >= 11 is 3.95. The smallest absolute Gasteiger partial charge is 0.396 e. The summed E-state index contributed by atoms with van der Waals surface area (Å²) in [6.45, 7) is 3.49. The maximum Gasteiger partial charge on any atom is 0.466 e. The molecule has 0 aliphatic carbocycles. The van der Waals surface area contributed by atoms with Crippen LogP contribution in [-0.2, 0) is 18.7 Å². The van der Waals surface area contributed by atoms with Crippen molar-refractivity contribution in [2.45, 2.75) is 26.4 Å². The zero-order chi connectivity index (χ0) is 23.2. The molecular formula is C11H28N2O12P2S. The van der Waals surface area contributed by atoms with Crippen molar-refractivity contribution in [1.82, 2.24) is 10.6 Å². The molecule has 0 saturated carbocycles. The summed E-state index contributed by atoms with van der Waals surface area (Å²) in [4.78, 5) is 65.9. The highest BCUT2D eigenvalue weighted by molar-refractivity contribution is 7.80. The van der Waals surface area contributed by atoms with Crippen LogP contribution < -0.4 is 10.6 Å². The van der Waals surface area contributed by atoms with E-state index in [1.165, 1.54) is 0 Å². The summed E-state index contributed by atoms with van der Waals surface area (Å²) in [6, 6.07) is 0. The molecule has 0 fully saturated rings. The number of nitrogens with one attached hydrogen (secondary N) is 2. The predicted molar refractivity (Wildman–Crippen MR) is 99.9 cm³/mol. The number of aliphatic hydroxyl groups is 2. The maximum atomic E-state index is 11.5. The van der Waals surface area contributed by atoms with E-state index in [1.54, 1.807) is 13.8 Å². The third kappa shape index (κ3) is 30.2. The van der Waals surface area contributed by atoms with Gasteiger partial charge in [-0.1, -0.05) is 13.8 Å². The van der Waals surface area contributed by atoms with Crippen molar-refractivity contribution >= 4 is 40.1 Å². The molecule has 170 valence electrons. The molecule has 0 heterocycles. The van der Waals surface area contributed by atoms with Gasteiger partial charge < -0.3 is 50.2 Å². The molecule has 0 aromatic rings. The first-order chi connectivity index (χ1) is 12.3. The van der Waals surface area contributed by atoms with Crippen LogP contribution in [0.1, 0.15) is 20.3 Å². The van der Waals surface area contributed by atoms with Gasteiger partial charge in [0.15, 0.2) is 0 Å². The molecular weight excluding hydrogens is 446 g/mol. The van der Waals surface area contributed by atoms with Crippen LogP contribution in [0, 0.1) is 5.41 Å². The Hall–Kier alpha value is -0.570. The van der Waals surface area contributed by atoms with Crippen LogP contribution in [0.3, 0.4) is 0 Å². The fourth-order valence-corrected chi connectivity index (χ4v) is 1.23. The monoisotopic (exact) mass is 474 g/mol. The molecule has 1 atom stereocenters. The highest BCUT2D eigenvalue weighted by Crippen LogP contribution is 2.26. The number of thiol groups is 1. The molecule has 14 nitrogen and oxygen atoms in total. The second-order valence-electron chi connectivity index (χ2n) is 5.69. The van der Waals surface area contributed by atoms with Crippen molar-refractivity contribution in [3.8, 4) is 0 Å². The van der Waals surface area contributed by atoms with E-state index >= 15 is 0 Å². The number of rotatable bonds is 8. The Morgan fingerprint density at radius 3 is 1.68 bits per heavy atom. The lowest BCUT2D eigenvalue weighted by molar-refractivity contribution is -0.137. The maximum absolute atomic E-state index is 11.5. The Morgan fingerprint density at radius 2 is 1.36 bits per heavy atom. The topological polar surface area (TPSA) is 254 Å². The normalized spacial score (nSPS) is 12.5. The van der Waals surface area contributed by atoms with Gasteiger partial charge in [0.2, 0.25) is 11.8 Å². The van der Waals surface area contributed by atoms with E-state index in [0.717, 1.165) is 0 Å². The summed E-state index contributed by atoms with van der Waals surface area (Å²) in [7, 11) is -9.28. The fourth-order valence-electron chi connectivity index (χ4n) is 1.12. The van der Waals surface area contributed by atoms with Gasteiger partial charge in [-0.15, -0.1) is 0 Å². The molecule has 10 N–H and O–H groups in total. The van der Waals surface area contributed by atoms with Crippen molar-refractivity contribution in [3.63, 3.8) is 0 Å². The van der Waals surface area contributed by atoms with Crippen molar-refractivity contribution in [1.29, 1.82) is 0 Å². The van der Waals surface area contributed by atoms with Crippen LogP contribution in [0.15, 0.2) is 0 Å². The van der Waals surface area contributed by atoms with Crippen molar-refractivity contribution < 1.29 is 58.3 Å². The summed E-state index contributed by atoms with van der Waals surface area (Å²) in [6.07, 6.45) is -1.16. The Morgan fingerprint density at radius 1 is 0.964 bits per heavy atom. The Labute approximate surface area is 166 Å². The molecule has 1 unspecified atom stereocenters. The first kappa shape index (κ1) is 32.1. The van der Waals surface area contributed by atoms with Crippen LogP contribution in [-0.4, -0.2) is 82.9 Å². The minimum Gasteiger partial charge on any atom is -0.396 e. The van der Waals surface area contributed by atoms with Gasteiger partial charge in [-0.25, -0.2) is 9.13 Å². The molecule has 0 aliphatic heterocycles. The minimum atomic E-state index is -4.64. The second-order valence-corrected chi connectivity index (χ2v) is 8.19. The summed E-state index contributed by atoms with van der Waals surface area (Å²) in [5.41, 5.74) is -0.904. The first-order valence-corrected chi connectivity index (χ1v) is 11.1. The SMILES string of the molecule is CC(C)(CO)C(O)C(=O)NCCC(=O)NCCS.O=P(O)(O)O.O=P(O)(O)O. The van der Waals surface area contributed by atoms with E-state index in [0.29, 0.717) is 12.3 Å². The van der Waals surface area contributed by atoms with Gasteiger partial charge >= 0.3 is 15.6 Å². The van der Waals surface area contributed by atoms with Crippen molar-refractivity contribution in [2.75, 3.05) is 25.4 Å². The van der Waals surface area contributed by atoms with Crippen LogP contribution in [0.4, 0.5) is 0 Å². The number of hydrogen-bond donors (Lipinski definition) is 11. The molecule has 2 amide bonds. The van der Waals surface area contributed by atoms with E-state index in [9.17, 15) is 14.7 Å². The van der Waals surface area contributed by atoms with Crippen molar-refractivity contribution in [2.24, 2.45) is 5.41 Å². The number of carbonyl (C=O) groups excluding carboxylic acids is 2. The Balaban J connectivity index is -0.000000512. The molecule has 0 aromatic heterocycles. The van der Waals surface area contributed by atoms with Gasteiger partial charge in [0.25, 0.3) is 0 Å². The third-order valence-electron chi connectivity index (χ3n) is 2.48. The molecule has 0 aromatic carbocycles. The van der Waals surface area contributed by atoms with E-state index in [-0.39, 0.29) is 25.5 Å². The lowest BCUT2D eigenvalue weighted by atomic mass is 9.87. The summed E-state index contributed by atoms with van der Waals surface area (Å²) in [5, 5.41) is 23.7. The van der Waals surface area contributed by atoms with Crippen LogP contribution in [0.25, 0.3) is 0 Å². The summed E-state index contributed by atoms with van der Waals surface area (Å²) < 4.78 is 17.8. The molecule has 0 saturated heterocycles. The number of carbonyl (C=O) groups is 2. The first-order valence-electron chi connectivity index (χ1n) is 7.36. The quantitative estimate of drug-likeness (QED) is 0.125. The molecule has 0 rings (SSSR count). The zero-order valence-corrected chi connectivity index (χ0v) is 17.8. The van der Waals surface area contributed by atoms with Crippen molar-refractivity contribution in [3.05, 3.63) is 0 Å². The average Bonchev–Trinajstić information content (AvgIpc) is 2.48. The largest absolute Gasteiger partial charge is 0.466 e. The van der Waals surface area contributed by atoms with E-state index in [1.807, 2.05) is 0 Å². The highest BCUT2D eigenvalue weighted by atomic mass is 32.1. The van der Waals surface area contributed by atoms with Gasteiger partial charge in [0, 0.05) is 30.7 Å². The number of amides is 2. The number of aliphatic hydroxyl groups excluding tert-OH is 2. The standard InChI is InChI=1S/C11H22N2O4S.2H3O4P/c1-11(2,7-14)9(16)10(17)13-4-3-8(15)12-5-6-18;2*1-5(2,3)4/h9,14,16,18H,3-7H2,1-2H3,(H,12,15)(H,13,17);2*(H3,1,2,3,4). The molecule has 28 heavy (non-hydrogen) atoms. The van der Waals surface area contributed by atoms with Gasteiger partial charge in [-0.2, -0.15) is 12.6 Å². The van der Waals surface area contributed by atoms with Crippen LogP contribution in [0.2, 0.25) is 0 Å². The molecule has 0 aliphatic rings. The summed E-state index contributed by atoms with van der Waals surface area (Å²) in [5.74, 6) is -0.210. The molecule has 0 radical (unpaired) electrons. The molecule has 17 heteroatoms. The lowest BCUT2D eigenvalue weighted by Crippen LogP contribution is -2.46. The molecule has 0 spiro atoms. The van der Waals surface area contributed by atoms with E-state index in [2.05, 4.69) is 23.3 Å². The van der Waals surface area contributed by atoms with Gasteiger partial charge in [-0.05, 0) is 0 Å². The van der Waals surface area contributed by atoms with Crippen LogP contribution in [0.5, 0.6) is 0 Å². The number of hydrogen-bond acceptors (Lipinski definition) is 7. The van der Waals surface area contributed by atoms with E-state index in [4.69, 9.17) is 43.6 Å². The Bertz CT molecular complexity index is 513. The second kappa shape index (κ2) is 15.3. The average molecular weight is 474 g/mol.